The number of ketones is 1. The highest BCUT2D eigenvalue weighted by molar-refractivity contribution is 6.01. The summed E-state index contributed by atoms with van der Waals surface area (Å²) >= 11 is 0. The summed E-state index contributed by atoms with van der Waals surface area (Å²) in [5, 5.41) is 0. The summed E-state index contributed by atoms with van der Waals surface area (Å²) in [6, 6.07) is 5.49. The molecule has 0 saturated carbocycles. The number of nitrogens with one attached hydrogen (secondary N) is 1. The molecule has 2 rings (SSSR count). The van der Waals surface area contributed by atoms with E-state index in [1.165, 1.54) is 0 Å². The molecule has 1 aromatic heterocycles. The third-order valence-corrected chi connectivity index (χ3v) is 4.01. The average molecular weight is 389 g/mol. The van der Waals surface area contributed by atoms with Crippen molar-refractivity contribution in [3.63, 3.8) is 0 Å². The molecule has 9 nitrogen and oxygen atoms in total. The number of aromatic amines is 1. The number of hydrogen-bond donors (Lipinski definition) is 2. The SMILES string of the molecule is CCCn1c(N)c(C(=O)COC(=O)COc2ccc(C)cc2C)c(=O)[nH]c1=O. The van der Waals surface area contributed by atoms with Crippen molar-refractivity contribution >= 4 is 17.6 Å². The van der Waals surface area contributed by atoms with E-state index in [0.29, 0.717) is 12.2 Å². The fourth-order valence-corrected chi connectivity index (χ4v) is 2.66. The van der Waals surface area contributed by atoms with Crippen LogP contribution < -0.4 is 21.7 Å². The van der Waals surface area contributed by atoms with Crippen molar-refractivity contribution in [2.45, 2.75) is 33.7 Å². The van der Waals surface area contributed by atoms with Gasteiger partial charge in [-0.3, -0.25) is 19.1 Å². The number of esters is 1. The van der Waals surface area contributed by atoms with Gasteiger partial charge in [-0.25, -0.2) is 9.59 Å². The third-order valence-electron chi connectivity index (χ3n) is 4.01. The Labute approximate surface area is 161 Å². The van der Waals surface area contributed by atoms with Gasteiger partial charge in [0.25, 0.3) is 5.56 Å². The molecule has 1 aromatic carbocycles. The first-order valence-electron chi connectivity index (χ1n) is 8.76. The molecule has 28 heavy (non-hydrogen) atoms. The van der Waals surface area contributed by atoms with E-state index in [1.54, 1.807) is 6.07 Å². The lowest BCUT2D eigenvalue weighted by Gasteiger charge is -2.12. The maximum Gasteiger partial charge on any atom is 0.344 e. The predicted octanol–water partition coefficient (Wildman–Crippen LogP) is 0.951. The number of nitrogens with two attached hydrogens (primary N) is 1. The highest BCUT2D eigenvalue weighted by atomic mass is 16.6. The number of nitrogen functional groups attached to an aromatic ring is 1. The van der Waals surface area contributed by atoms with Crippen LogP contribution in [0.4, 0.5) is 5.82 Å². The number of benzene rings is 1. The summed E-state index contributed by atoms with van der Waals surface area (Å²) in [5.74, 6) is -1.29. The van der Waals surface area contributed by atoms with Crippen LogP contribution in [0.2, 0.25) is 0 Å². The molecule has 0 aliphatic heterocycles. The number of ether oxygens (including phenoxy) is 2. The fourth-order valence-electron chi connectivity index (χ4n) is 2.66. The van der Waals surface area contributed by atoms with Crippen molar-refractivity contribution < 1.29 is 19.1 Å². The van der Waals surface area contributed by atoms with Gasteiger partial charge in [-0.1, -0.05) is 24.6 Å². The summed E-state index contributed by atoms with van der Waals surface area (Å²) in [5.41, 5.74) is 5.71. The molecule has 0 aliphatic carbocycles. The Morgan fingerprint density at radius 1 is 1.18 bits per heavy atom. The van der Waals surface area contributed by atoms with E-state index in [9.17, 15) is 19.2 Å². The van der Waals surface area contributed by atoms with Crippen molar-refractivity contribution in [1.82, 2.24) is 9.55 Å². The first kappa shape index (κ1) is 20.9. The Bertz CT molecular complexity index is 1010. The van der Waals surface area contributed by atoms with E-state index in [1.807, 2.05) is 37.9 Å². The molecule has 0 saturated heterocycles. The number of carbonyl (C=O) groups is 2. The maximum absolute atomic E-state index is 12.3. The van der Waals surface area contributed by atoms with Crippen LogP contribution >= 0.6 is 0 Å². The molecular weight excluding hydrogens is 366 g/mol. The van der Waals surface area contributed by atoms with Gasteiger partial charge in [0.05, 0.1) is 0 Å². The van der Waals surface area contributed by atoms with E-state index >= 15 is 0 Å². The van der Waals surface area contributed by atoms with Crippen LogP contribution in [-0.2, 0) is 16.1 Å². The molecule has 0 spiro atoms. The topological polar surface area (TPSA) is 133 Å². The second-order valence-corrected chi connectivity index (χ2v) is 6.31. The highest BCUT2D eigenvalue weighted by Gasteiger charge is 2.20. The normalized spacial score (nSPS) is 10.5. The van der Waals surface area contributed by atoms with E-state index in [2.05, 4.69) is 0 Å². The summed E-state index contributed by atoms with van der Waals surface area (Å²) in [7, 11) is 0. The molecule has 1 heterocycles. The largest absolute Gasteiger partial charge is 0.482 e. The van der Waals surface area contributed by atoms with Crippen LogP contribution in [0.1, 0.15) is 34.8 Å². The van der Waals surface area contributed by atoms with E-state index in [4.69, 9.17) is 15.2 Å². The second-order valence-electron chi connectivity index (χ2n) is 6.31. The van der Waals surface area contributed by atoms with Crippen LogP contribution in [0.5, 0.6) is 5.75 Å². The monoisotopic (exact) mass is 389 g/mol. The van der Waals surface area contributed by atoms with Gasteiger partial charge in [-0.05, 0) is 31.9 Å². The highest BCUT2D eigenvalue weighted by Crippen LogP contribution is 2.18. The van der Waals surface area contributed by atoms with E-state index in [-0.39, 0.29) is 12.4 Å². The minimum Gasteiger partial charge on any atom is -0.482 e. The van der Waals surface area contributed by atoms with Crippen LogP contribution in [0.25, 0.3) is 0 Å². The third kappa shape index (κ3) is 4.87. The van der Waals surface area contributed by atoms with Crippen LogP contribution in [0.3, 0.4) is 0 Å². The molecule has 0 unspecified atom stereocenters. The van der Waals surface area contributed by atoms with Gasteiger partial charge in [0.2, 0.25) is 5.78 Å². The number of hydrogen-bond acceptors (Lipinski definition) is 7. The summed E-state index contributed by atoms with van der Waals surface area (Å²) < 4.78 is 11.4. The van der Waals surface area contributed by atoms with Crippen molar-refractivity contribution in [1.29, 1.82) is 0 Å². The predicted molar refractivity (Wildman–Crippen MR) is 103 cm³/mol. The first-order valence-corrected chi connectivity index (χ1v) is 8.76. The number of Topliss-reactive ketones (excluding diaryl/α,β-unsaturated/α-hetero) is 1. The number of carbonyl (C=O) groups excluding carboxylic acids is 2. The molecule has 2 aromatic rings. The van der Waals surface area contributed by atoms with Crippen molar-refractivity contribution in [3.8, 4) is 5.75 Å². The van der Waals surface area contributed by atoms with Gasteiger partial charge in [0.1, 0.15) is 17.1 Å². The second kappa shape index (κ2) is 9.03. The zero-order chi connectivity index (χ0) is 20.8. The van der Waals surface area contributed by atoms with Crippen molar-refractivity contribution in [2.24, 2.45) is 0 Å². The van der Waals surface area contributed by atoms with Gasteiger partial charge in [0.15, 0.2) is 13.2 Å². The average Bonchev–Trinajstić information content (AvgIpc) is 2.62. The Kier molecular flexibility index (Phi) is 6.75. The Hall–Kier alpha value is -3.36. The zero-order valence-corrected chi connectivity index (χ0v) is 16.0. The smallest absolute Gasteiger partial charge is 0.344 e. The maximum atomic E-state index is 12.3. The summed E-state index contributed by atoms with van der Waals surface area (Å²) in [6.45, 7) is 4.76. The molecule has 0 amide bonds. The molecule has 0 radical (unpaired) electrons. The van der Waals surface area contributed by atoms with Gasteiger partial charge in [-0.2, -0.15) is 0 Å². The molecule has 0 atom stereocenters. The number of H-pyrrole nitrogens is 1. The van der Waals surface area contributed by atoms with Crippen molar-refractivity contribution in [2.75, 3.05) is 18.9 Å². The lowest BCUT2D eigenvalue weighted by molar-refractivity contribution is -0.144. The molecule has 0 bridgehead atoms. The van der Waals surface area contributed by atoms with E-state index < -0.39 is 41.8 Å². The summed E-state index contributed by atoms with van der Waals surface area (Å²) in [6.07, 6.45) is 0.578. The Morgan fingerprint density at radius 3 is 2.54 bits per heavy atom. The minimum atomic E-state index is -0.914. The van der Waals surface area contributed by atoms with Gasteiger partial charge in [0, 0.05) is 6.54 Å². The number of anilines is 1. The van der Waals surface area contributed by atoms with Crippen molar-refractivity contribution in [3.05, 3.63) is 55.7 Å². The van der Waals surface area contributed by atoms with Gasteiger partial charge < -0.3 is 15.2 Å². The molecular formula is C19H23N3O6. The molecule has 0 fully saturated rings. The van der Waals surface area contributed by atoms with Crippen LogP contribution in [0, 0.1) is 13.8 Å². The van der Waals surface area contributed by atoms with Crippen LogP contribution in [-0.4, -0.2) is 34.5 Å². The summed E-state index contributed by atoms with van der Waals surface area (Å²) in [4.78, 5) is 49.9. The molecule has 3 N–H and O–H groups in total. The number of aromatic nitrogens is 2. The Balaban J connectivity index is 2.02. The number of nitrogens with zero attached hydrogens (tertiary/aromatic N) is 1. The van der Waals surface area contributed by atoms with Gasteiger partial charge in [-0.15, -0.1) is 0 Å². The molecule has 0 aliphatic rings. The lowest BCUT2D eigenvalue weighted by Crippen LogP contribution is -2.37. The van der Waals surface area contributed by atoms with Gasteiger partial charge >= 0.3 is 11.7 Å². The number of rotatable bonds is 8. The zero-order valence-electron chi connectivity index (χ0n) is 16.0. The standard InChI is InChI=1S/C19H23N3O6/c1-4-7-22-17(20)16(18(25)21-19(22)26)13(23)9-28-15(24)10-27-14-6-5-11(2)8-12(14)3/h5-6,8H,4,7,9-10,20H2,1-3H3,(H,21,25,26). The van der Waals surface area contributed by atoms with Crippen LogP contribution in [0.15, 0.2) is 27.8 Å². The first-order chi connectivity index (χ1) is 13.2. The Morgan fingerprint density at radius 2 is 1.89 bits per heavy atom. The molecule has 150 valence electrons. The number of aryl methyl sites for hydroxylation is 2. The molecule has 9 heteroatoms. The minimum absolute atomic E-state index is 0.241. The fraction of sp³-hybridized carbons (Fsp3) is 0.368. The van der Waals surface area contributed by atoms with E-state index in [0.717, 1.165) is 15.7 Å². The lowest BCUT2D eigenvalue weighted by atomic mass is 10.1. The quantitative estimate of drug-likeness (QED) is 0.507.